The van der Waals surface area contributed by atoms with Gasteiger partial charge in [0.2, 0.25) is 15.9 Å². The van der Waals surface area contributed by atoms with E-state index in [2.05, 4.69) is 4.90 Å². The van der Waals surface area contributed by atoms with Gasteiger partial charge in [0.05, 0.1) is 5.75 Å². The van der Waals surface area contributed by atoms with Crippen LogP contribution in [-0.2, 0) is 20.6 Å². The number of nitrogens with zero attached hydrogens (tertiary/aromatic N) is 2. The number of likely N-dealkylation sites (tertiary alicyclic amines) is 1. The molecule has 2 aliphatic heterocycles. The zero-order valence-corrected chi connectivity index (χ0v) is 16.7. The van der Waals surface area contributed by atoms with Gasteiger partial charge in [-0.15, -0.1) is 0 Å². The van der Waals surface area contributed by atoms with Crippen LogP contribution in [0.5, 0.6) is 0 Å². The highest BCUT2D eigenvalue weighted by Crippen LogP contribution is 2.33. The number of nitrogens with two attached hydrogens (primary N) is 1. The van der Waals surface area contributed by atoms with Crippen molar-refractivity contribution in [2.24, 2.45) is 5.73 Å². The van der Waals surface area contributed by atoms with Crippen molar-refractivity contribution in [3.8, 4) is 0 Å². The minimum absolute atomic E-state index is 0.0853. The number of hydrogen-bond donors (Lipinski definition) is 1. The number of benzene rings is 1. The number of piperidine rings is 2. The maximum atomic E-state index is 14.0. The van der Waals surface area contributed by atoms with Gasteiger partial charge in [0.25, 0.3) is 0 Å². The fraction of sp³-hybridized carbons (Fsp3) is 0.611. The minimum Gasteiger partial charge on any atom is -0.368 e. The Hall–Kier alpha value is -1.22. The Morgan fingerprint density at radius 2 is 1.78 bits per heavy atom. The molecule has 0 spiro atoms. The third kappa shape index (κ3) is 4.29. The summed E-state index contributed by atoms with van der Waals surface area (Å²) in [6, 6.07) is 3.97. The molecule has 2 fully saturated rings. The van der Waals surface area contributed by atoms with Gasteiger partial charge >= 0.3 is 0 Å². The van der Waals surface area contributed by atoms with E-state index in [1.165, 1.54) is 16.4 Å². The van der Waals surface area contributed by atoms with E-state index in [1.807, 2.05) is 0 Å². The van der Waals surface area contributed by atoms with Gasteiger partial charge in [0.15, 0.2) is 0 Å². The van der Waals surface area contributed by atoms with Crippen molar-refractivity contribution in [2.45, 2.75) is 43.4 Å². The van der Waals surface area contributed by atoms with Crippen LogP contribution in [0, 0.1) is 5.82 Å². The highest BCUT2D eigenvalue weighted by Gasteiger charge is 2.46. The second-order valence-corrected chi connectivity index (χ2v) is 9.74. The molecule has 9 heteroatoms. The quantitative estimate of drug-likeness (QED) is 0.795. The highest BCUT2D eigenvalue weighted by molar-refractivity contribution is 7.88. The summed E-state index contributed by atoms with van der Waals surface area (Å²) in [5, 5.41) is 0.222. The first kappa shape index (κ1) is 20.5. The van der Waals surface area contributed by atoms with E-state index < -0.39 is 27.1 Å². The normalized spacial score (nSPS) is 21.9. The van der Waals surface area contributed by atoms with Crippen molar-refractivity contribution in [2.75, 3.05) is 26.2 Å². The Morgan fingerprint density at radius 3 is 2.33 bits per heavy atom. The molecule has 0 atom stereocenters. The standard InChI is InChI=1S/C18H25ClFN3O3S/c19-15-5-4-14(16(20)12-15)13-27(25,26)23-10-6-18(7-11-23,17(21)24)22-8-2-1-3-9-22/h4-5,12H,1-3,6-11,13H2,(H2,21,24). The molecule has 2 saturated heterocycles. The molecule has 0 saturated carbocycles. The molecule has 27 heavy (non-hydrogen) atoms. The van der Waals surface area contributed by atoms with Crippen LogP contribution in [0.4, 0.5) is 4.39 Å². The van der Waals surface area contributed by atoms with Crippen LogP contribution in [0.2, 0.25) is 5.02 Å². The molecule has 0 aliphatic carbocycles. The predicted octanol–water partition coefficient (Wildman–Crippen LogP) is 2.11. The molecular weight excluding hydrogens is 393 g/mol. The first-order chi connectivity index (χ1) is 12.7. The first-order valence-electron chi connectivity index (χ1n) is 9.21. The van der Waals surface area contributed by atoms with E-state index in [-0.39, 0.29) is 29.6 Å². The van der Waals surface area contributed by atoms with Crippen LogP contribution in [0.15, 0.2) is 18.2 Å². The number of halogens is 2. The number of rotatable bonds is 5. The summed E-state index contributed by atoms with van der Waals surface area (Å²) in [5.74, 6) is -1.45. The van der Waals surface area contributed by atoms with Crippen molar-refractivity contribution < 1.29 is 17.6 Å². The Kier molecular flexibility index (Phi) is 6.10. The summed E-state index contributed by atoms with van der Waals surface area (Å²) in [7, 11) is -3.70. The number of amides is 1. The van der Waals surface area contributed by atoms with Gasteiger partial charge in [-0.25, -0.2) is 17.1 Å². The summed E-state index contributed by atoms with van der Waals surface area (Å²) in [4.78, 5) is 14.4. The van der Waals surface area contributed by atoms with Gasteiger partial charge in [-0.1, -0.05) is 24.1 Å². The smallest absolute Gasteiger partial charge is 0.238 e. The summed E-state index contributed by atoms with van der Waals surface area (Å²) in [6.45, 7) is 2.03. The van der Waals surface area contributed by atoms with E-state index in [9.17, 15) is 17.6 Å². The molecule has 150 valence electrons. The van der Waals surface area contributed by atoms with Gasteiger partial charge in [-0.3, -0.25) is 9.69 Å². The first-order valence-corrected chi connectivity index (χ1v) is 11.2. The third-order valence-corrected chi connectivity index (χ3v) is 7.78. The fourth-order valence-electron chi connectivity index (χ4n) is 4.10. The maximum Gasteiger partial charge on any atom is 0.238 e. The summed E-state index contributed by atoms with van der Waals surface area (Å²) in [6.07, 6.45) is 3.91. The Labute approximate surface area is 164 Å². The summed E-state index contributed by atoms with van der Waals surface area (Å²) in [5.41, 5.74) is 5.04. The van der Waals surface area contributed by atoms with Gasteiger partial charge in [-0.2, -0.15) is 0 Å². The maximum absolute atomic E-state index is 14.0. The van der Waals surface area contributed by atoms with Crippen LogP contribution in [-0.4, -0.2) is 55.2 Å². The number of carbonyl (C=O) groups excluding carboxylic acids is 1. The molecule has 1 aromatic rings. The van der Waals surface area contributed by atoms with E-state index in [1.54, 1.807) is 0 Å². The SMILES string of the molecule is NC(=O)C1(N2CCCCC2)CCN(S(=O)(=O)Cc2ccc(Cl)cc2F)CC1. The third-order valence-electron chi connectivity index (χ3n) is 5.72. The molecule has 0 unspecified atom stereocenters. The van der Waals surface area contributed by atoms with E-state index >= 15 is 0 Å². The highest BCUT2D eigenvalue weighted by atomic mass is 35.5. The van der Waals surface area contributed by atoms with Crippen LogP contribution in [0.3, 0.4) is 0 Å². The van der Waals surface area contributed by atoms with Crippen molar-refractivity contribution in [1.82, 2.24) is 9.21 Å². The molecule has 2 aliphatic rings. The lowest BCUT2D eigenvalue weighted by Crippen LogP contribution is -2.63. The van der Waals surface area contributed by atoms with Crippen molar-refractivity contribution >= 4 is 27.5 Å². The molecule has 0 radical (unpaired) electrons. The van der Waals surface area contributed by atoms with E-state index in [0.717, 1.165) is 38.4 Å². The van der Waals surface area contributed by atoms with Gasteiger partial charge in [0.1, 0.15) is 11.4 Å². The molecule has 0 aromatic heterocycles. The monoisotopic (exact) mass is 417 g/mol. The van der Waals surface area contributed by atoms with Gasteiger partial charge in [-0.05, 0) is 50.9 Å². The molecular formula is C18H25ClFN3O3S. The second-order valence-electron chi connectivity index (χ2n) is 7.33. The Morgan fingerprint density at radius 1 is 1.15 bits per heavy atom. The molecule has 1 aromatic carbocycles. The number of primary amides is 1. The minimum atomic E-state index is -3.70. The lowest BCUT2D eigenvalue weighted by Gasteiger charge is -2.47. The van der Waals surface area contributed by atoms with Crippen LogP contribution < -0.4 is 5.73 Å². The van der Waals surface area contributed by atoms with Crippen LogP contribution in [0.1, 0.15) is 37.7 Å². The van der Waals surface area contributed by atoms with Gasteiger partial charge < -0.3 is 5.73 Å². The topological polar surface area (TPSA) is 83.7 Å². The van der Waals surface area contributed by atoms with Crippen molar-refractivity contribution in [3.05, 3.63) is 34.6 Å². The summed E-state index contributed by atoms with van der Waals surface area (Å²) >= 11 is 5.72. The zero-order valence-electron chi connectivity index (χ0n) is 15.2. The van der Waals surface area contributed by atoms with Crippen LogP contribution >= 0.6 is 11.6 Å². The predicted molar refractivity (Wildman–Crippen MR) is 102 cm³/mol. The molecule has 3 rings (SSSR count). The average molecular weight is 418 g/mol. The Bertz CT molecular complexity index is 804. The second kappa shape index (κ2) is 8.03. The molecule has 2 N–H and O–H groups in total. The Balaban J connectivity index is 1.72. The van der Waals surface area contributed by atoms with E-state index in [4.69, 9.17) is 17.3 Å². The largest absolute Gasteiger partial charge is 0.368 e. The molecule has 6 nitrogen and oxygen atoms in total. The summed E-state index contributed by atoms with van der Waals surface area (Å²) < 4.78 is 40.8. The molecule has 1 amide bonds. The zero-order chi connectivity index (χ0) is 19.7. The average Bonchev–Trinajstić information content (AvgIpc) is 2.64. The molecule has 0 bridgehead atoms. The lowest BCUT2D eigenvalue weighted by molar-refractivity contribution is -0.134. The van der Waals surface area contributed by atoms with Crippen molar-refractivity contribution in [1.29, 1.82) is 0 Å². The number of hydrogen-bond acceptors (Lipinski definition) is 4. The van der Waals surface area contributed by atoms with Crippen LogP contribution in [0.25, 0.3) is 0 Å². The number of sulfonamides is 1. The fourth-order valence-corrected chi connectivity index (χ4v) is 5.81. The number of carbonyl (C=O) groups is 1. The van der Waals surface area contributed by atoms with Gasteiger partial charge in [0, 0.05) is 23.7 Å². The van der Waals surface area contributed by atoms with Crippen molar-refractivity contribution in [3.63, 3.8) is 0 Å². The molecule has 2 heterocycles. The lowest BCUT2D eigenvalue weighted by atomic mass is 9.84. The van der Waals surface area contributed by atoms with E-state index in [0.29, 0.717) is 12.8 Å².